The van der Waals surface area contributed by atoms with Crippen LogP contribution >= 0.6 is 12.4 Å². The van der Waals surface area contributed by atoms with E-state index in [2.05, 4.69) is 17.6 Å². The first-order valence-electron chi connectivity index (χ1n) is 8.73. The summed E-state index contributed by atoms with van der Waals surface area (Å²) in [6, 6.07) is 0. The average Bonchev–Trinajstić information content (AvgIpc) is 2.74. The average molecular weight is 333 g/mol. The van der Waals surface area contributed by atoms with Crippen LogP contribution in [0, 0.1) is 5.41 Å². The van der Waals surface area contributed by atoms with E-state index in [1.54, 1.807) is 0 Å². The van der Waals surface area contributed by atoms with Gasteiger partial charge in [0.05, 0.1) is 6.10 Å². The van der Waals surface area contributed by atoms with Gasteiger partial charge in [-0.05, 0) is 51.1 Å². The molecule has 1 amide bonds. The van der Waals surface area contributed by atoms with Crippen molar-refractivity contribution >= 4 is 18.3 Å². The molecule has 5 heteroatoms. The maximum atomic E-state index is 12.2. The Labute approximate surface area is 141 Å². The first kappa shape index (κ1) is 19.7. The van der Waals surface area contributed by atoms with Crippen LogP contribution in [-0.4, -0.2) is 37.7 Å². The lowest BCUT2D eigenvalue weighted by Gasteiger charge is -2.34. The second-order valence-corrected chi connectivity index (χ2v) is 7.17. The van der Waals surface area contributed by atoms with Crippen LogP contribution in [0.1, 0.15) is 65.2 Å². The number of carbonyl (C=O) groups is 1. The SMILES string of the molecule is CC(OC1CCCCCC1)C(=O)NCC1(C)CCNCC1.Cl. The van der Waals surface area contributed by atoms with Crippen molar-refractivity contribution in [3.63, 3.8) is 0 Å². The minimum atomic E-state index is -0.321. The van der Waals surface area contributed by atoms with Crippen LogP contribution in [0.4, 0.5) is 0 Å². The summed E-state index contributed by atoms with van der Waals surface area (Å²) in [5, 5.41) is 6.48. The predicted molar refractivity (Wildman–Crippen MR) is 92.5 cm³/mol. The summed E-state index contributed by atoms with van der Waals surface area (Å²) >= 11 is 0. The zero-order chi connectivity index (χ0) is 15.1. The van der Waals surface area contributed by atoms with E-state index >= 15 is 0 Å². The van der Waals surface area contributed by atoms with E-state index < -0.39 is 0 Å². The first-order valence-corrected chi connectivity index (χ1v) is 8.73. The molecular weight excluding hydrogens is 300 g/mol. The molecule has 1 saturated heterocycles. The molecule has 1 aliphatic heterocycles. The molecule has 0 aromatic carbocycles. The number of carbonyl (C=O) groups excluding carboxylic acids is 1. The van der Waals surface area contributed by atoms with Crippen LogP contribution in [0.25, 0.3) is 0 Å². The molecule has 0 spiro atoms. The van der Waals surface area contributed by atoms with Gasteiger partial charge in [-0.3, -0.25) is 4.79 Å². The van der Waals surface area contributed by atoms with E-state index in [1.165, 1.54) is 25.7 Å². The lowest BCUT2D eigenvalue weighted by molar-refractivity contribution is -0.136. The van der Waals surface area contributed by atoms with Crippen molar-refractivity contribution in [3.8, 4) is 0 Å². The van der Waals surface area contributed by atoms with Gasteiger partial charge in [0.2, 0.25) is 5.91 Å². The molecule has 2 fully saturated rings. The van der Waals surface area contributed by atoms with E-state index in [-0.39, 0.29) is 35.9 Å². The minimum Gasteiger partial charge on any atom is -0.365 e. The van der Waals surface area contributed by atoms with Crippen LogP contribution in [0.15, 0.2) is 0 Å². The Hall–Kier alpha value is -0.320. The number of halogens is 1. The van der Waals surface area contributed by atoms with Gasteiger partial charge in [-0.2, -0.15) is 0 Å². The zero-order valence-electron chi connectivity index (χ0n) is 14.2. The Bertz CT molecular complexity index is 325. The van der Waals surface area contributed by atoms with Gasteiger partial charge in [-0.15, -0.1) is 12.4 Å². The molecule has 2 rings (SSSR count). The van der Waals surface area contributed by atoms with Gasteiger partial charge in [0.15, 0.2) is 0 Å². The van der Waals surface area contributed by atoms with Crippen molar-refractivity contribution in [2.45, 2.75) is 77.4 Å². The van der Waals surface area contributed by atoms with Crippen LogP contribution < -0.4 is 10.6 Å². The molecule has 1 atom stereocenters. The highest BCUT2D eigenvalue weighted by Crippen LogP contribution is 2.27. The van der Waals surface area contributed by atoms with Gasteiger partial charge in [-0.1, -0.05) is 32.6 Å². The fraction of sp³-hybridized carbons (Fsp3) is 0.941. The smallest absolute Gasteiger partial charge is 0.248 e. The highest BCUT2D eigenvalue weighted by atomic mass is 35.5. The van der Waals surface area contributed by atoms with Gasteiger partial charge >= 0.3 is 0 Å². The minimum absolute atomic E-state index is 0. The highest BCUT2D eigenvalue weighted by molar-refractivity contribution is 5.85. The maximum Gasteiger partial charge on any atom is 0.248 e. The Morgan fingerprint density at radius 1 is 1.23 bits per heavy atom. The molecule has 130 valence electrons. The van der Waals surface area contributed by atoms with Crippen molar-refractivity contribution in [3.05, 3.63) is 0 Å². The summed E-state index contributed by atoms with van der Waals surface area (Å²) in [7, 11) is 0. The van der Waals surface area contributed by atoms with Gasteiger partial charge < -0.3 is 15.4 Å². The quantitative estimate of drug-likeness (QED) is 0.761. The standard InChI is InChI=1S/C17H32N2O2.ClH/c1-14(21-15-7-5-3-4-6-8-15)16(20)19-13-17(2)9-11-18-12-10-17;/h14-15,18H,3-13H2,1-2H3,(H,19,20);1H. The molecule has 0 bridgehead atoms. The van der Waals surface area contributed by atoms with Crippen LogP contribution in [0.3, 0.4) is 0 Å². The number of rotatable bonds is 5. The molecule has 0 radical (unpaired) electrons. The second-order valence-electron chi connectivity index (χ2n) is 7.17. The lowest BCUT2D eigenvalue weighted by Crippen LogP contribution is -2.45. The molecular formula is C17H33ClN2O2. The van der Waals surface area contributed by atoms with Crippen molar-refractivity contribution in [2.75, 3.05) is 19.6 Å². The number of amides is 1. The lowest BCUT2D eigenvalue weighted by atomic mass is 9.81. The van der Waals surface area contributed by atoms with Gasteiger partial charge in [0.25, 0.3) is 0 Å². The normalized spacial score (nSPS) is 23.9. The highest BCUT2D eigenvalue weighted by Gasteiger charge is 2.28. The monoisotopic (exact) mass is 332 g/mol. The summed E-state index contributed by atoms with van der Waals surface area (Å²) in [5.74, 6) is 0.0546. The number of ether oxygens (including phenoxy) is 1. The topological polar surface area (TPSA) is 50.4 Å². The van der Waals surface area contributed by atoms with Gasteiger partial charge in [0.1, 0.15) is 6.10 Å². The van der Waals surface area contributed by atoms with E-state index in [0.29, 0.717) is 0 Å². The Balaban J connectivity index is 0.00000242. The summed E-state index contributed by atoms with van der Waals surface area (Å²) in [4.78, 5) is 12.2. The molecule has 0 aromatic heterocycles. The number of hydrogen-bond acceptors (Lipinski definition) is 3. The number of piperidine rings is 1. The van der Waals surface area contributed by atoms with Crippen molar-refractivity contribution in [2.24, 2.45) is 5.41 Å². The second kappa shape index (κ2) is 9.74. The third kappa shape index (κ3) is 6.43. The summed E-state index contributed by atoms with van der Waals surface area (Å²) < 4.78 is 5.98. The molecule has 22 heavy (non-hydrogen) atoms. The van der Waals surface area contributed by atoms with E-state index in [0.717, 1.165) is 45.3 Å². The molecule has 2 N–H and O–H groups in total. The molecule has 0 aromatic rings. The Morgan fingerprint density at radius 2 is 1.82 bits per heavy atom. The van der Waals surface area contributed by atoms with E-state index in [1.807, 2.05) is 6.92 Å². The fourth-order valence-electron chi connectivity index (χ4n) is 3.38. The zero-order valence-corrected chi connectivity index (χ0v) is 15.0. The van der Waals surface area contributed by atoms with Gasteiger partial charge in [-0.25, -0.2) is 0 Å². The predicted octanol–water partition coefficient (Wildman–Crippen LogP) is 3.04. The van der Waals surface area contributed by atoms with Gasteiger partial charge in [0, 0.05) is 6.54 Å². The molecule has 1 saturated carbocycles. The Kier molecular flexibility index (Phi) is 8.73. The van der Waals surface area contributed by atoms with Crippen LogP contribution in [0.2, 0.25) is 0 Å². The number of hydrogen-bond donors (Lipinski definition) is 2. The third-order valence-corrected chi connectivity index (χ3v) is 5.07. The fourth-order valence-corrected chi connectivity index (χ4v) is 3.38. The summed E-state index contributed by atoms with van der Waals surface area (Å²) in [6.07, 6.45) is 9.55. The molecule has 4 nitrogen and oxygen atoms in total. The molecule has 2 aliphatic rings. The van der Waals surface area contributed by atoms with Crippen LogP contribution in [-0.2, 0) is 9.53 Å². The van der Waals surface area contributed by atoms with E-state index in [4.69, 9.17) is 4.74 Å². The van der Waals surface area contributed by atoms with Crippen molar-refractivity contribution in [1.29, 1.82) is 0 Å². The number of nitrogens with one attached hydrogen (secondary N) is 2. The maximum absolute atomic E-state index is 12.2. The Morgan fingerprint density at radius 3 is 2.41 bits per heavy atom. The first-order chi connectivity index (χ1) is 10.1. The third-order valence-electron chi connectivity index (χ3n) is 5.07. The molecule has 1 unspecified atom stereocenters. The molecule has 1 aliphatic carbocycles. The molecule has 1 heterocycles. The summed E-state index contributed by atoms with van der Waals surface area (Å²) in [6.45, 7) is 7.04. The van der Waals surface area contributed by atoms with Crippen molar-refractivity contribution in [1.82, 2.24) is 10.6 Å². The van der Waals surface area contributed by atoms with Crippen molar-refractivity contribution < 1.29 is 9.53 Å². The summed E-state index contributed by atoms with van der Waals surface area (Å²) in [5.41, 5.74) is 0.239. The van der Waals surface area contributed by atoms with Crippen LogP contribution in [0.5, 0.6) is 0 Å². The largest absolute Gasteiger partial charge is 0.365 e. The van der Waals surface area contributed by atoms with E-state index in [9.17, 15) is 4.79 Å².